The number of anilines is 3. The first-order chi connectivity index (χ1) is 12.4. The summed E-state index contributed by atoms with van der Waals surface area (Å²) in [6.07, 6.45) is 0. The molecule has 0 amide bonds. The van der Waals surface area contributed by atoms with E-state index in [1.807, 2.05) is 36.4 Å². The van der Waals surface area contributed by atoms with Gasteiger partial charge in [0, 0.05) is 16.9 Å². The van der Waals surface area contributed by atoms with Gasteiger partial charge in [-0.15, -0.1) is 0 Å². The molecule has 4 rings (SSSR count). The van der Waals surface area contributed by atoms with Crippen LogP contribution in [0, 0.1) is 12.1 Å². The van der Waals surface area contributed by atoms with Gasteiger partial charge in [-0.1, -0.05) is 72.8 Å². The first-order valence-corrected chi connectivity index (χ1v) is 8.30. The number of nitrogens with zero attached hydrogens (tertiary/aromatic N) is 1. The van der Waals surface area contributed by atoms with Crippen LogP contribution in [-0.4, -0.2) is 0 Å². The Balaban J connectivity index is 1.93. The van der Waals surface area contributed by atoms with Crippen molar-refractivity contribution in [3.63, 3.8) is 0 Å². The highest BCUT2D eigenvalue weighted by molar-refractivity contribution is 5.87. The van der Waals surface area contributed by atoms with E-state index in [0.717, 1.165) is 17.1 Å². The van der Waals surface area contributed by atoms with Gasteiger partial charge >= 0.3 is 0 Å². The van der Waals surface area contributed by atoms with Crippen molar-refractivity contribution in [2.75, 3.05) is 4.90 Å². The molecule has 0 saturated carbocycles. The van der Waals surface area contributed by atoms with Crippen LogP contribution in [0.4, 0.5) is 17.1 Å². The first-order valence-electron chi connectivity index (χ1n) is 8.30. The smallest absolute Gasteiger partial charge is 0.0546 e. The average molecular weight is 319 g/mol. The van der Waals surface area contributed by atoms with Crippen molar-refractivity contribution in [3.8, 4) is 11.1 Å². The van der Waals surface area contributed by atoms with Crippen molar-refractivity contribution in [1.29, 1.82) is 0 Å². The Morgan fingerprint density at radius 3 is 1.72 bits per heavy atom. The molecule has 0 aliphatic heterocycles. The third-order valence-electron chi connectivity index (χ3n) is 4.14. The Morgan fingerprint density at radius 1 is 0.560 bits per heavy atom. The van der Waals surface area contributed by atoms with Crippen LogP contribution < -0.4 is 4.90 Å². The van der Waals surface area contributed by atoms with Crippen LogP contribution in [0.3, 0.4) is 0 Å². The maximum Gasteiger partial charge on any atom is 0.0546 e. The van der Waals surface area contributed by atoms with Gasteiger partial charge in [0.1, 0.15) is 0 Å². The molecular weight excluding hydrogens is 302 g/mol. The largest absolute Gasteiger partial charge is 0.310 e. The minimum atomic E-state index is 1.10. The topological polar surface area (TPSA) is 3.24 Å². The summed E-state index contributed by atoms with van der Waals surface area (Å²) in [6, 6.07) is 41.4. The molecule has 0 fully saturated rings. The molecular formula is C24H17N. The summed E-state index contributed by atoms with van der Waals surface area (Å²) in [6.45, 7) is 0. The second-order valence-corrected chi connectivity index (χ2v) is 5.74. The predicted octanol–water partition coefficient (Wildman–Crippen LogP) is 6.42. The summed E-state index contributed by atoms with van der Waals surface area (Å²) in [4.78, 5) is 2.27. The van der Waals surface area contributed by atoms with Crippen molar-refractivity contribution in [3.05, 3.63) is 115 Å². The molecule has 1 nitrogen and oxygen atoms in total. The summed E-state index contributed by atoms with van der Waals surface area (Å²) in [5, 5.41) is 0. The van der Waals surface area contributed by atoms with Gasteiger partial charge in [-0.2, -0.15) is 0 Å². The Labute approximate surface area is 148 Å². The van der Waals surface area contributed by atoms with Crippen molar-refractivity contribution >= 4 is 17.1 Å². The Morgan fingerprint density at radius 2 is 1.12 bits per heavy atom. The number of rotatable bonds is 4. The number of hydrogen-bond acceptors (Lipinski definition) is 1. The molecule has 0 N–H and O–H groups in total. The standard InChI is InChI=1S/C24H17N/c1-4-12-20(13-5-1)23-18-10-11-19-24(23)25(21-14-6-2-7-15-21)22-16-8-3-9-17-22/h2-10,12-19H. The second-order valence-electron chi connectivity index (χ2n) is 5.74. The molecule has 0 aliphatic carbocycles. The van der Waals surface area contributed by atoms with E-state index < -0.39 is 0 Å². The fraction of sp³-hybridized carbons (Fsp3) is 0. The molecule has 4 aromatic rings. The van der Waals surface area contributed by atoms with Gasteiger partial charge in [0.2, 0.25) is 0 Å². The van der Waals surface area contributed by atoms with Crippen LogP contribution >= 0.6 is 0 Å². The summed E-state index contributed by atoms with van der Waals surface area (Å²) in [5.41, 5.74) is 5.68. The fourth-order valence-electron chi connectivity index (χ4n) is 3.00. The molecule has 0 aromatic heterocycles. The van der Waals surface area contributed by atoms with Gasteiger partial charge in [-0.3, -0.25) is 0 Å². The molecule has 0 bridgehead atoms. The predicted molar refractivity (Wildman–Crippen MR) is 104 cm³/mol. The van der Waals surface area contributed by atoms with Gasteiger partial charge in [-0.05, 0) is 48.0 Å². The second kappa shape index (κ2) is 7.06. The first kappa shape index (κ1) is 15.2. The van der Waals surface area contributed by atoms with E-state index in [-0.39, 0.29) is 0 Å². The molecule has 0 saturated heterocycles. The van der Waals surface area contributed by atoms with E-state index in [1.165, 1.54) is 11.1 Å². The van der Waals surface area contributed by atoms with Crippen LogP contribution in [0.2, 0.25) is 0 Å². The molecule has 0 atom stereocenters. The van der Waals surface area contributed by atoms with Crippen LogP contribution in [0.1, 0.15) is 0 Å². The minimum Gasteiger partial charge on any atom is -0.310 e. The molecule has 1 heteroatoms. The normalized spacial score (nSPS) is 10.4. The maximum atomic E-state index is 3.24. The zero-order chi connectivity index (χ0) is 16.9. The van der Waals surface area contributed by atoms with Crippen LogP contribution in [0.25, 0.3) is 11.1 Å². The lowest BCUT2D eigenvalue weighted by Gasteiger charge is -2.27. The van der Waals surface area contributed by atoms with E-state index in [2.05, 4.69) is 83.8 Å². The zero-order valence-corrected chi connectivity index (χ0v) is 13.8. The SMILES string of the molecule is [c]1ccc(-c2cc[c]cc2N(c2ccccc2)c2ccccc2)cc1. The molecule has 118 valence electrons. The van der Waals surface area contributed by atoms with Crippen molar-refractivity contribution in [1.82, 2.24) is 0 Å². The van der Waals surface area contributed by atoms with E-state index in [0.29, 0.717) is 0 Å². The maximum absolute atomic E-state index is 3.24. The van der Waals surface area contributed by atoms with Gasteiger partial charge in [0.05, 0.1) is 5.69 Å². The fourth-order valence-corrected chi connectivity index (χ4v) is 3.00. The lowest BCUT2D eigenvalue weighted by Crippen LogP contribution is -2.10. The minimum absolute atomic E-state index is 1.10. The van der Waals surface area contributed by atoms with Crippen molar-refractivity contribution in [2.24, 2.45) is 0 Å². The summed E-state index contributed by atoms with van der Waals surface area (Å²) >= 11 is 0. The molecule has 25 heavy (non-hydrogen) atoms. The van der Waals surface area contributed by atoms with Gasteiger partial charge in [-0.25, -0.2) is 0 Å². The average Bonchev–Trinajstić information content (AvgIpc) is 2.71. The highest BCUT2D eigenvalue weighted by Crippen LogP contribution is 2.39. The third-order valence-corrected chi connectivity index (χ3v) is 4.14. The van der Waals surface area contributed by atoms with E-state index in [1.54, 1.807) is 0 Å². The summed E-state index contributed by atoms with van der Waals surface area (Å²) in [7, 11) is 0. The van der Waals surface area contributed by atoms with Gasteiger partial charge < -0.3 is 4.90 Å². The zero-order valence-electron chi connectivity index (χ0n) is 13.8. The van der Waals surface area contributed by atoms with Gasteiger partial charge in [0.25, 0.3) is 0 Å². The van der Waals surface area contributed by atoms with Crippen LogP contribution in [0.5, 0.6) is 0 Å². The summed E-state index contributed by atoms with van der Waals surface area (Å²) in [5.74, 6) is 0. The van der Waals surface area contributed by atoms with Gasteiger partial charge in [0.15, 0.2) is 0 Å². The van der Waals surface area contributed by atoms with E-state index in [4.69, 9.17) is 0 Å². The van der Waals surface area contributed by atoms with E-state index >= 15 is 0 Å². The van der Waals surface area contributed by atoms with E-state index in [9.17, 15) is 0 Å². The molecule has 4 aromatic carbocycles. The number of benzene rings is 4. The molecule has 2 radical (unpaired) electrons. The molecule has 0 spiro atoms. The lowest BCUT2D eigenvalue weighted by molar-refractivity contribution is 1.28. The monoisotopic (exact) mass is 319 g/mol. The Hall–Kier alpha value is -3.32. The van der Waals surface area contributed by atoms with Crippen LogP contribution in [-0.2, 0) is 0 Å². The van der Waals surface area contributed by atoms with Crippen molar-refractivity contribution in [2.45, 2.75) is 0 Å². The lowest BCUT2D eigenvalue weighted by atomic mass is 10.0. The van der Waals surface area contributed by atoms with Crippen molar-refractivity contribution < 1.29 is 0 Å². The molecule has 0 heterocycles. The van der Waals surface area contributed by atoms with Crippen LogP contribution in [0.15, 0.2) is 103 Å². The Kier molecular flexibility index (Phi) is 4.30. The molecule has 0 unspecified atom stereocenters. The molecule has 0 aliphatic rings. The Bertz CT molecular complexity index is 892. The number of hydrogen-bond donors (Lipinski definition) is 0. The third kappa shape index (κ3) is 3.17. The quantitative estimate of drug-likeness (QED) is 0.419. The number of para-hydroxylation sites is 2. The summed E-state index contributed by atoms with van der Waals surface area (Å²) < 4.78 is 0. The highest BCUT2D eigenvalue weighted by atomic mass is 15.1. The highest BCUT2D eigenvalue weighted by Gasteiger charge is 2.15.